The van der Waals surface area contributed by atoms with E-state index in [0.29, 0.717) is 6.61 Å². The number of nitrogens with one attached hydrogen (secondary N) is 1. The molecule has 17 heavy (non-hydrogen) atoms. The van der Waals surface area contributed by atoms with Crippen molar-refractivity contribution in [2.45, 2.75) is 77.2 Å². The highest BCUT2D eigenvalue weighted by Gasteiger charge is 2.31. The van der Waals surface area contributed by atoms with Gasteiger partial charge in [-0.3, -0.25) is 0 Å². The summed E-state index contributed by atoms with van der Waals surface area (Å²) in [5, 5.41) is 13.0. The summed E-state index contributed by atoms with van der Waals surface area (Å²) in [6.07, 6.45) is 11.4. The molecule has 2 nitrogen and oxygen atoms in total. The molecule has 1 rings (SSSR count). The summed E-state index contributed by atoms with van der Waals surface area (Å²) >= 11 is 0. The van der Waals surface area contributed by atoms with Gasteiger partial charge in [-0.2, -0.15) is 0 Å². The fourth-order valence-electron chi connectivity index (χ4n) is 3.30. The summed E-state index contributed by atoms with van der Waals surface area (Å²) in [5.41, 5.74) is 0.243. The molecule has 0 bridgehead atoms. The molecule has 0 aromatic carbocycles. The smallest absolute Gasteiger partial charge is 0.0448 e. The van der Waals surface area contributed by atoms with E-state index in [1.54, 1.807) is 0 Å². The minimum absolute atomic E-state index is 0.243. The number of rotatable bonds is 7. The maximum absolute atomic E-state index is 9.30. The highest BCUT2D eigenvalue weighted by molar-refractivity contribution is 4.90. The standard InChI is InChI=1S/C15H31NO/c1-3-6-14-7-5-9-15(10-8-14,11-13-17)16-12-4-2/h14,16-17H,3-13H2,1-2H3. The van der Waals surface area contributed by atoms with E-state index in [-0.39, 0.29) is 5.54 Å². The van der Waals surface area contributed by atoms with Crippen molar-refractivity contribution in [1.29, 1.82) is 0 Å². The molecule has 2 atom stereocenters. The molecule has 1 fully saturated rings. The molecule has 0 aromatic heterocycles. The molecule has 2 unspecified atom stereocenters. The largest absolute Gasteiger partial charge is 0.396 e. The molecule has 0 amide bonds. The fourth-order valence-corrected chi connectivity index (χ4v) is 3.30. The van der Waals surface area contributed by atoms with Crippen LogP contribution in [0, 0.1) is 5.92 Å². The minimum atomic E-state index is 0.243. The van der Waals surface area contributed by atoms with Gasteiger partial charge in [0.25, 0.3) is 0 Å². The van der Waals surface area contributed by atoms with Crippen LogP contribution >= 0.6 is 0 Å². The lowest BCUT2D eigenvalue weighted by molar-refractivity contribution is 0.189. The zero-order valence-electron chi connectivity index (χ0n) is 11.8. The number of hydrogen-bond acceptors (Lipinski definition) is 2. The van der Waals surface area contributed by atoms with Gasteiger partial charge in [-0.15, -0.1) is 0 Å². The normalized spacial score (nSPS) is 30.2. The van der Waals surface area contributed by atoms with Crippen LogP contribution < -0.4 is 5.32 Å². The first-order valence-electron chi connectivity index (χ1n) is 7.62. The van der Waals surface area contributed by atoms with Crippen molar-refractivity contribution in [2.75, 3.05) is 13.2 Å². The second kappa shape index (κ2) is 8.10. The Morgan fingerprint density at radius 2 is 2.00 bits per heavy atom. The van der Waals surface area contributed by atoms with Gasteiger partial charge < -0.3 is 10.4 Å². The predicted octanol–water partition coefficient (Wildman–Crippen LogP) is 3.49. The Balaban J connectivity index is 2.52. The average Bonchev–Trinajstić information content (AvgIpc) is 2.52. The van der Waals surface area contributed by atoms with Crippen LogP contribution in [-0.4, -0.2) is 23.8 Å². The van der Waals surface area contributed by atoms with Gasteiger partial charge in [0.05, 0.1) is 0 Å². The van der Waals surface area contributed by atoms with Gasteiger partial charge in [-0.05, 0) is 44.6 Å². The third kappa shape index (κ3) is 4.97. The maximum Gasteiger partial charge on any atom is 0.0448 e. The Hall–Kier alpha value is -0.0800. The third-order valence-electron chi connectivity index (χ3n) is 4.34. The molecule has 0 heterocycles. The fraction of sp³-hybridized carbons (Fsp3) is 1.00. The van der Waals surface area contributed by atoms with Crippen LogP contribution in [-0.2, 0) is 0 Å². The van der Waals surface area contributed by atoms with Gasteiger partial charge in [0.15, 0.2) is 0 Å². The summed E-state index contributed by atoms with van der Waals surface area (Å²) in [6, 6.07) is 0. The summed E-state index contributed by atoms with van der Waals surface area (Å²) < 4.78 is 0. The molecule has 0 saturated heterocycles. The molecular formula is C15H31NO. The molecule has 0 spiro atoms. The SMILES string of the molecule is CCCNC1(CCO)CCCC(CCC)CC1. The van der Waals surface area contributed by atoms with Crippen LogP contribution in [0.4, 0.5) is 0 Å². The number of aliphatic hydroxyl groups excluding tert-OH is 1. The van der Waals surface area contributed by atoms with Crippen molar-refractivity contribution >= 4 is 0 Å². The maximum atomic E-state index is 9.30. The topological polar surface area (TPSA) is 32.3 Å². The highest BCUT2D eigenvalue weighted by atomic mass is 16.3. The van der Waals surface area contributed by atoms with Gasteiger partial charge >= 0.3 is 0 Å². The molecule has 1 saturated carbocycles. The Kier molecular flexibility index (Phi) is 7.14. The number of aliphatic hydroxyl groups is 1. The lowest BCUT2D eigenvalue weighted by Crippen LogP contribution is -2.46. The van der Waals surface area contributed by atoms with Gasteiger partial charge in [0.1, 0.15) is 0 Å². The predicted molar refractivity (Wildman–Crippen MR) is 74.2 cm³/mol. The second-order valence-corrected chi connectivity index (χ2v) is 5.77. The van der Waals surface area contributed by atoms with E-state index in [4.69, 9.17) is 0 Å². The Bertz CT molecular complexity index is 195. The van der Waals surface area contributed by atoms with E-state index in [2.05, 4.69) is 19.2 Å². The van der Waals surface area contributed by atoms with Crippen LogP contribution in [0.25, 0.3) is 0 Å². The summed E-state index contributed by atoms with van der Waals surface area (Å²) in [7, 11) is 0. The molecule has 0 radical (unpaired) electrons. The molecule has 0 aliphatic heterocycles. The molecule has 1 aliphatic carbocycles. The third-order valence-corrected chi connectivity index (χ3v) is 4.34. The van der Waals surface area contributed by atoms with E-state index in [0.717, 1.165) is 18.9 Å². The van der Waals surface area contributed by atoms with Crippen molar-refractivity contribution in [3.63, 3.8) is 0 Å². The molecular weight excluding hydrogens is 210 g/mol. The number of hydrogen-bond donors (Lipinski definition) is 2. The van der Waals surface area contributed by atoms with Crippen LogP contribution in [0.15, 0.2) is 0 Å². The zero-order chi connectivity index (χ0) is 12.6. The van der Waals surface area contributed by atoms with Crippen molar-refractivity contribution in [3.8, 4) is 0 Å². The van der Waals surface area contributed by atoms with Gasteiger partial charge in [-0.25, -0.2) is 0 Å². The van der Waals surface area contributed by atoms with Crippen molar-refractivity contribution < 1.29 is 5.11 Å². The first-order valence-corrected chi connectivity index (χ1v) is 7.62. The minimum Gasteiger partial charge on any atom is -0.396 e. The van der Waals surface area contributed by atoms with Crippen molar-refractivity contribution in [2.24, 2.45) is 5.92 Å². The van der Waals surface area contributed by atoms with Crippen LogP contribution in [0.1, 0.15) is 71.6 Å². The quantitative estimate of drug-likeness (QED) is 0.669. The average molecular weight is 241 g/mol. The van der Waals surface area contributed by atoms with Gasteiger partial charge in [-0.1, -0.05) is 39.5 Å². The molecule has 0 aromatic rings. The second-order valence-electron chi connectivity index (χ2n) is 5.77. The molecule has 102 valence electrons. The van der Waals surface area contributed by atoms with Gasteiger partial charge in [0.2, 0.25) is 0 Å². The molecule has 1 aliphatic rings. The summed E-state index contributed by atoms with van der Waals surface area (Å²) in [5.74, 6) is 0.934. The lowest BCUT2D eigenvalue weighted by Gasteiger charge is -2.34. The van der Waals surface area contributed by atoms with Gasteiger partial charge in [0, 0.05) is 12.1 Å². The van der Waals surface area contributed by atoms with Crippen LogP contribution in [0.3, 0.4) is 0 Å². The van der Waals surface area contributed by atoms with Crippen LogP contribution in [0.2, 0.25) is 0 Å². The van der Waals surface area contributed by atoms with E-state index in [9.17, 15) is 5.11 Å². The van der Waals surface area contributed by atoms with E-state index in [1.807, 2.05) is 0 Å². The first kappa shape index (κ1) is 15.0. The zero-order valence-corrected chi connectivity index (χ0v) is 11.8. The Morgan fingerprint density at radius 3 is 2.65 bits per heavy atom. The molecule has 2 N–H and O–H groups in total. The Labute approximate surface area is 107 Å². The molecule has 2 heteroatoms. The van der Waals surface area contributed by atoms with E-state index >= 15 is 0 Å². The van der Waals surface area contributed by atoms with Crippen molar-refractivity contribution in [1.82, 2.24) is 5.32 Å². The monoisotopic (exact) mass is 241 g/mol. The van der Waals surface area contributed by atoms with E-state index < -0.39 is 0 Å². The van der Waals surface area contributed by atoms with Crippen molar-refractivity contribution in [3.05, 3.63) is 0 Å². The van der Waals surface area contributed by atoms with E-state index in [1.165, 1.54) is 51.4 Å². The highest BCUT2D eigenvalue weighted by Crippen LogP contribution is 2.34. The summed E-state index contributed by atoms with van der Waals surface area (Å²) in [6.45, 7) is 5.94. The lowest BCUT2D eigenvalue weighted by atomic mass is 9.86. The Morgan fingerprint density at radius 1 is 1.18 bits per heavy atom. The van der Waals surface area contributed by atoms with Crippen LogP contribution in [0.5, 0.6) is 0 Å². The first-order chi connectivity index (χ1) is 8.26. The summed E-state index contributed by atoms with van der Waals surface area (Å²) in [4.78, 5) is 0.